The van der Waals surface area contributed by atoms with Crippen LogP contribution in [0.5, 0.6) is 0 Å². The molecule has 0 spiro atoms. The fourth-order valence-electron chi connectivity index (χ4n) is 2.12. The van der Waals surface area contributed by atoms with Crippen LogP contribution in [0, 0.1) is 0 Å². The molecule has 0 unspecified atom stereocenters. The minimum absolute atomic E-state index is 0.462. The van der Waals surface area contributed by atoms with Gasteiger partial charge >= 0.3 is 0 Å². The van der Waals surface area contributed by atoms with E-state index >= 15 is 0 Å². The highest BCUT2D eigenvalue weighted by Gasteiger charge is 2.01. The molecule has 1 heterocycles. The molecule has 3 rings (SSSR count). The Morgan fingerprint density at radius 1 is 1.00 bits per heavy atom. The number of rotatable bonds is 6. The van der Waals surface area contributed by atoms with Crippen molar-refractivity contribution < 1.29 is 0 Å². The van der Waals surface area contributed by atoms with Crippen LogP contribution in [-0.4, -0.2) is 21.7 Å². The Balaban J connectivity index is 1.57. The number of nitrogens with zero attached hydrogens (tertiary/aromatic N) is 3. The number of hydrogen-bond donors (Lipinski definition) is 2. The zero-order valence-corrected chi connectivity index (χ0v) is 13.2. The third kappa shape index (κ3) is 4.66. The van der Waals surface area contributed by atoms with Gasteiger partial charge in [-0.3, -0.25) is 0 Å². The maximum absolute atomic E-state index is 5.98. The predicted octanol–water partition coefficient (Wildman–Crippen LogP) is 3.92. The van der Waals surface area contributed by atoms with Crippen LogP contribution in [0.1, 0.15) is 5.56 Å². The molecule has 5 nitrogen and oxygen atoms in total. The van der Waals surface area contributed by atoms with Gasteiger partial charge in [0.1, 0.15) is 0 Å². The van der Waals surface area contributed by atoms with E-state index in [2.05, 4.69) is 25.8 Å². The van der Waals surface area contributed by atoms with Gasteiger partial charge in [0, 0.05) is 17.3 Å². The lowest BCUT2D eigenvalue weighted by Crippen LogP contribution is -2.08. The SMILES string of the molecule is Clc1cccc(CCNc2cnnc(Nc3ccccc3)n2)c1. The van der Waals surface area contributed by atoms with Gasteiger partial charge in [0.15, 0.2) is 5.82 Å². The van der Waals surface area contributed by atoms with Crippen molar-refractivity contribution in [1.82, 2.24) is 15.2 Å². The van der Waals surface area contributed by atoms with Gasteiger partial charge in [-0.1, -0.05) is 41.9 Å². The largest absolute Gasteiger partial charge is 0.368 e. The molecule has 0 aliphatic carbocycles. The van der Waals surface area contributed by atoms with Gasteiger partial charge in [0.05, 0.1) is 6.20 Å². The zero-order valence-electron chi connectivity index (χ0n) is 12.4. The molecule has 2 aromatic carbocycles. The van der Waals surface area contributed by atoms with E-state index in [1.807, 2.05) is 54.6 Å². The number of anilines is 3. The molecule has 0 aliphatic rings. The molecule has 0 radical (unpaired) electrons. The van der Waals surface area contributed by atoms with Gasteiger partial charge in [0.2, 0.25) is 5.95 Å². The predicted molar refractivity (Wildman–Crippen MR) is 93.2 cm³/mol. The minimum Gasteiger partial charge on any atom is -0.368 e. The first-order valence-electron chi connectivity index (χ1n) is 7.30. The van der Waals surface area contributed by atoms with Crippen LogP contribution in [0.3, 0.4) is 0 Å². The monoisotopic (exact) mass is 325 g/mol. The van der Waals surface area contributed by atoms with Crippen molar-refractivity contribution in [3.05, 3.63) is 71.4 Å². The second kappa shape index (κ2) is 7.56. The van der Waals surface area contributed by atoms with Crippen LogP contribution in [0.25, 0.3) is 0 Å². The average molecular weight is 326 g/mol. The molecule has 3 aromatic rings. The molecule has 116 valence electrons. The Kier molecular flexibility index (Phi) is 5.01. The molecule has 0 saturated heterocycles. The van der Waals surface area contributed by atoms with Crippen molar-refractivity contribution in [3.8, 4) is 0 Å². The van der Waals surface area contributed by atoms with Crippen LogP contribution in [0.15, 0.2) is 60.8 Å². The van der Waals surface area contributed by atoms with Crippen LogP contribution in [0.4, 0.5) is 17.5 Å². The van der Waals surface area contributed by atoms with E-state index in [4.69, 9.17) is 11.6 Å². The molecular weight excluding hydrogens is 310 g/mol. The molecule has 0 bridgehead atoms. The number of para-hydroxylation sites is 1. The first-order valence-corrected chi connectivity index (χ1v) is 7.67. The van der Waals surface area contributed by atoms with Crippen molar-refractivity contribution in [2.75, 3.05) is 17.2 Å². The van der Waals surface area contributed by atoms with Gasteiger partial charge in [-0.25, -0.2) is 0 Å². The Morgan fingerprint density at radius 2 is 1.87 bits per heavy atom. The van der Waals surface area contributed by atoms with Crippen molar-refractivity contribution in [3.63, 3.8) is 0 Å². The van der Waals surface area contributed by atoms with Crippen molar-refractivity contribution in [1.29, 1.82) is 0 Å². The molecule has 0 fully saturated rings. The second-order valence-electron chi connectivity index (χ2n) is 4.96. The highest BCUT2D eigenvalue weighted by Crippen LogP contribution is 2.13. The lowest BCUT2D eigenvalue weighted by molar-refractivity contribution is 0.950. The molecule has 0 amide bonds. The molecule has 0 atom stereocenters. The average Bonchev–Trinajstić information content (AvgIpc) is 2.56. The first kappa shape index (κ1) is 15.2. The second-order valence-corrected chi connectivity index (χ2v) is 5.40. The molecule has 23 heavy (non-hydrogen) atoms. The van der Waals surface area contributed by atoms with Gasteiger partial charge in [-0.2, -0.15) is 10.1 Å². The Bertz CT molecular complexity index is 764. The summed E-state index contributed by atoms with van der Waals surface area (Å²) >= 11 is 5.98. The Labute approximate surface area is 139 Å². The number of halogens is 1. The normalized spacial score (nSPS) is 10.3. The van der Waals surface area contributed by atoms with E-state index < -0.39 is 0 Å². The number of nitrogens with one attached hydrogen (secondary N) is 2. The summed E-state index contributed by atoms with van der Waals surface area (Å²) in [5.41, 5.74) is 2.10. The fraction of sp³-hybridized carbons (Fsp3) is 0.118. The highest BCUT2D eigenvalue weighted by molar-refractivity contribution is 6.30. The van der Waals surface area contributed by atoms with E-state index in [1.165, 1.54) is 5.56 Å². The third-order valence-corrected chi connectivity index (χ3v) is 3.43. The molecule has 1 aromatic heterocycles. The van der Waals surface area contributed by atoms with Crippen LogP contribution >= 0.6 is 11.6 Å². The summed E-state index contributed by atoms with van der Waals surface area (Å²) in [5, 5.41) is 15.1. The Morgan fingerprint density at radius 3 is 2.70 bits per heavy atom. The molecular formula is C17H16ClN5. The maximum atomic E-state index is 5.98. The summed E-state index contributed by atoms with van der Waals surface area (Å²) in [5.74, 6) is 1.14. The summed E-state index contributed by atoms with van der Waals surface area (Å²) in [6.45, 7) is 0.740. The van der Waals surface area contributed by atoms with Gasteiger partial charge in [-0.15, -0.1) is 5.10 Å². The standard InChI is InChI=1S/C17H16ClN5/c18-14-6-4-5-13(11-14)9-10-19-16-12-20-23-17(22-16)21-15-7-2-1-3-8-15/h1-8,11-12H,9-10H2,(H2,19,21,22,23). The van der Waals surface area contributed by atoms with Crippen molar-refractivity contribution in [2.24, 2.45) is 0 Å². The highest BCUT2D eigenvalue weighted by atomic mass is 35.5. The summed E-state index contributed by atoms with van der Waals surface area (Å²) < 4.78 is 0. The van der Waals surface area contributed by atoms with E-state index in [9.17, 15) is 0 Å². The lowest BCUT2D eigenvalue weighted by atomic mass is 10.1. The quantitative estimate of drug-likeness (QED) is 0.719. The van der Waals surface area contributed by atoms with Crippen molar-refractivity contribution in [2.45, 2.75) is 6.42 Å². The fourth-order valence-corrected chi connectivity index (χ4v) is 2.33. The maximum Gasteiger partial charge on any atom is 0.249 e. The van der Waals surface area contributed by atoms with Crippen molar-refractivity contribution >= 4 is 29.1 Å². The van der Waals surface area contributed by atoms with Crippen LogP contribution in [-0.2, 0) is 6.42 Å². The summed E-state index contributed by atoms with van der Waals surface area (Å²) in [6.07, 6.45) is 2.46. The topological polar surface area (TPSA) is 62.7 Å². The molecule has 6 heteroatoms. The minimum atomic E-state index is 0.462. The first-order chi connectivity index (χ1) is 11.3. The van der Waals surface area contributed by atoms with E-state index in [0.717, 1.165) is 23.7 Å². The van der Waals surface area contributed by atoms with E-state index in [-0.39, 0.29) is 0 Å². The smallest absolute Gasteiger partial charge is 0.249 e. The van der Waals surface area contributed by atoms with E-state index in [1.54, 1.807) is 6.20 Å². The number of hydrogen-bond acceptors (Lipinski definition) is 5. The molecule has 0 aliphatic heterocycles. The summed E-state index contributed by atoms with van der Waals surface area (Å²) in [4.78, 5) is 4.39. The molecule has 2 N–H and O–H groups in total. The number of benzene rings is 2. The van der Waals surface area contributed by atoms with Gasteiger partial charge < -0.3 is 10.6 Å². The molecule has 0 saturated carbocycles. The van der Waals surface area contributed by atoms with Gasteiger partial charge in [0.25, 0.3) is 0 Å². The third-order valence-electron chi connectivity index (χ3n) is 3.20. The summed E-state index contributed by atoms with van der Waals surface area (Å²) in [7, 11) is 0. The Hall–Kier alpha value is -2.66. The zero-order chi connectivity index (χ0) is 15.9. The van der Waals surface area contributed by atoms with E-state index in [0.29, 0.717) is 11.8 Å². The van der Waals surface area contributed by atoms with Gasteiger partial charge in [-0.05, 0) is 36.2 Å². The lowest BCUT2D eigenvalue weighted by Gasteiger charge is -2.08. The number of aromatic nitrogens is 3. The van der Waals surface area contributed by atoms with Crippen LogP contribution in [0.2, 0.25) is 5.02 Å². The summed E-state index contributed by atoms with van der Waals surface area (Å²) in [6, 6.07) is 17.6. The van der Waals surface area contributed by atoms with Crippen LogP contribution < -0.4 is 10.6 Å².